The Morgan fingerprint density at radius 3 is 2.50 bits per heavy atom. The second-order valence-corrected chi connectivity index (χ2v) is 9.25. The molecule has 34 heavy (non-hydrogen) atoms. The fourth-order valence-electron chi connectivity index (χ4n) is 4.76. The smallest absolute Gasteiger partial charge is 0.258 e. The molecule has 2 aromatic heterocycles. The summed E-state index contributed by atoms with van der Waals surface area (Å²) in [5, 5.41) is 12.9. The number of rotatable bonds is 5. The molecule has 5 rings (SSSR count). The van der Waals surface area contributed by atoms with Crippen LogP contribution in [0.15, 0.2) is 82.1 Å². The van der Waals surface area contributed by atoms with Crippen LogP contribution < -0.4 is 11.3 Å². The highest BCUT2D eigenvalue weighted by Gasteiger charge is 2.30. The number of amides is 1. The highest BCUT2D eigenvalue weighted by Crippen LogP contribution is 2.41. The van der Waals surface area contributed by atoms with Gasteiger partial charge in [0.1, 0.15) is 5.75 Å². The van der Waals surface area contributed by atoms with Gasteiger partial charge in [-0.25, -0.2) is 0 Å². The maximum absolute atomic E-state index is 13.7. The van der Waals surface area contributed by atoms with Gasteiger partial charge in [-0.15, -0.1) is 0 Å². The monoisotopic (exact) mass is 515 g/mol. The Labute approximate surface area is 203 Å². The van der Waals surface area contributed by atoms with Crippen LogP contribution in [0.3, 0.4) is 0 Å². The molecule has 0 spiro atoms. The Morgan fingerprint density at radius 2 is 1.76 bits per heavy atom. The van der Waals surface area contributed by atoms with Gasteiger partial charge in [0, 0.05) is 33.5 Å². The number of H-pyrrole nitrogens is 1. The van der Waals surface area contributed by atoms with Crippen LogP contribution in [-0.2, 0) is 18.3 Å². The van der Waals surface area contributed by atoms with E-state index in [4.69, 9.17) is 5.73 Å². The van der Waals surface area contributed by atoms with Gasteiger partial charge in [-0.2, -0.15) is 0 Å². The van der Waals surface area contributed by atoms with Crippen molar-refractivity contribution in [1.29, 1.82) is 0 Å². The molecule has 0 radical (unpaired) electrons. The highest BCUT2D eigenvalue weighted by atomic mass is 79.9. The third-order valence-corrected chi connectivity index (χ3v) is 6.76. The maximum Gasteiger partial charge on any atom is 0.258 e. The lowest BCUT2D eigenvalue weighted by Crippen LogP contribution is -2.26. The Kier molecular flexibility index (Phi) is 5.49. The largest absolute Gasteiger partial charge is 0.507 e. The van der Waals surface area contributed by atoms with Gasteiger partial charge in [0.05, 0.1) is 23.4 Å². The molecule has 6 nitrogen and oxygen atoms in total. The number of nitrogens with one attached hydrogen (secondary N) is 1. The molecular formula is C27H22BrN3O3. The van der Waals surface area contributed by atoms with E-state index in [2.05, 4.69) is 20.9 Å². The molecule has 0 fully saturated rings. The summed E-state index contributed by atoms with van der Waals surface area (Å²) in [6.45, 7) is 0. The van der Waals surface area contributed by atoms with Crippen LogP contribution in [0.1, 0.15) is 28.3 Å². The van der Waals surface area contributed by atoms with Crippen molar-refractivity contribution in [3.63, 3.8) is 0 Å². The number of para-hydroxylation sites is 2. The van der Waals surface area contributed by atoms with E-state index in [0.29, 0.717) is 22.2 Å². The van der Waals surface area contributed by atoms with Crippen molar-refractivity contribution in [1.82, 2.24) is 9.55 Å². The van der Waals surface area contributed by atoms with E-state index in [-0.39, 0.29) is 23.3 Å². The van der Waals surface area contributed by atoms with Gasteiger partial charge in [0.2, 0.25) is 5.91 Å². The van der Waals surface area contributed by atoms with E-state index in [1.54, 1.807) is 23.7 Å². The SMILES string of the molecule is Cn1c(=O)c(C(c2cccc(Br)c2)c2[nH]c3ccccc3c2CC(N)=O)c(O)c2ccccc21. The van der Waals surface area contributed by atoms with E-state index < -0.39 is 11.8 Å². The fourth-order valence-corrected chi connectivity index (χ4v) is 5.18. The number of fused-ring (bicyclic) bond motifs is 2. The minimum Gasteiger partial charge on any atom is -0.507 e. The number of aromatic nitrogens is 2. The van der Waals surface area contributed by atoms with Gasteiger partial charge in [0.15, 0.2) is 0 Å². The molecule has 5 aromatic rings. The van der Waals surface area contributed by atoms with Gasteiger partial charge in [-0.1, -0.05) is 58.4 Å². The summed E-state index contributed by atoms with van der Waals surface area (Å²) in [7, 11) is 1.70. The van der Waals surface area contributed by atoms with E-state index >= 15 is 0 Å². The van der Waals surface area contributed by atoms with Crippen LogP contribution in [0, 0.1) is 0 Å². The summed E-state index contributed by atoms with van der Waals surface area (Å²) >= 11 is 3.53. The van der Waals surface area contributed by atoms with E-state index in [1.165, 1.54) is 0 Å². The first kappa shape index (κ1) is 22.0. The fraction of sp³-hybridized carbons (Fsp3) is 0.111. The molecule has 0 saturated carbocycles. The average Bonchev–Trinajstić information content (AvgIpc) is 3.17. The quantitative estimate of drug-likeness (QED) is 0.316. The molecule has 0 aliphatic carbocycles. The first-order chi connectivity index (χ1) is 16.4. The minimum atomic E-state index is -0.664. The molecule has 4 N–H and O–H groups in total. The summed E-state index contributed by atoms with van der Waals surface area (Å²) in [6.07, 6.45) is -0.00148. The molecule has 0 bridgehead atoms. The van der Waals surface area contributed by atoms with Crippen LogP contribution >= 0.6 is 15.9 Å². The van der Waals surface area contributed by atoms with Crippen molar-refractivity contribution in [3.05, 3.63) is 110 Å². The maximum atomic E-state index is 13.7. The Morgan fingerprint density at radius 1 is 1.06 bits per heavy atom. The van der Waals surface area contributed by atoms with Crippen LogP contribution in [0.2, 0.25) is 0 Å². The Balaban J connectivity index is 1.91. The number of aromatic amines is 1. The number of hydrogen-bond acceptors (Lipinski definition) is 3. The zero-order valence-electron chi connectivity index (χ0n) is 18.4. The molecule has 170 valence electrons. The number of hydrogen-bond donors (Lipinski definition) is 3. The molecule has 3 aromatic carbocycles. The lowest BCUT2D eigenvalue weighted by atomic mass is 9.85. The molecule has 2 heterocycles. The highest BCUT2D eigenvalue weighted by molar-refractivity contribution is 9.10. The van der Waals surface area contributed by atoms with Crippen molar-refractivity contribution in [2.24, 2.45) is 12.8 Å². The standard InChI is InChI=1S/C27H22BrN3O3/c1-31-21-12-5-3-10-18(21)26(33)24(27(31)34)23(15-7-6-8-16(28)13-15)25-19(14-22(29)32)17-9-2-4-11-20(17)30-25/h2-13,23,30,33H,14H2,1H3,(H2,29,32). The van der Waals surface area contributed by atoms with Gasteiger partial charge in [0.25, 0.3) is 5.56 Å². The van der Waals surface area contributed by atoms with Crippen molar-refractivity contribution >= 4 is 43.6 Å². The number of halogens is 1. The number of aryl methyl sites for hydroxylation is 1. The van der Waals surface area contributed by atoms with Crippen molar-refractivity contribution in [2.75, 3.05) is 0 Å². The number of benzene rings is 3. The number of carbonyl (C=O) groups is 1. The first-order valence-electron chi connectivity index (χ1n) is 10.8. The predicted molar refractivity (Wildman–Crippen MR) is 137 cm³/mol. The predicted octanol–water partition coefficient (Wildman–Crippen LogP) is 4.70. The normalized spacial score (nSPS) is 12.3. The number of nitrogens with two attached hydrogens (primary N) is 1. The first-order valence-corrected chi connectivity index (χ1v) is 11.6. The molecule has 1 amide bonds. The van der Waals surface area contributed by atoms with E-state index in [9.17, 15) is 14.7 Å². The van der Waals surface area contributed by atoms with Gasteiger partial charge in [-0.05, 0) is 41.5 Å². The summed E-state index contributed by atoms with van der Waals surface area (Å²) in [5.74, 6) is -1.22. The topological polar surface area (TPSA) is 101 Å². The summed E-state index contributed by atoms with van der Waals surface area (Å²) in [4.78, 5) is 29.2. The van der Waals surface area contributed by atoms with Crippen LogP contribution in [0.25, 0.3) is 21.8 Å². The van der Waals surface area contributed by atoms with Gasteiger partial charge in [-0.3, -0.25) is 9.59 Å². The molecular weight excluding hydrogens is 494 g/mol. The number of carbonyl (C=O) groups excluding carboxylic acids is 1. The van der Waals surface area contributed by atoms with Crippen LogP contribution in [0.4, 0.5) is 0 Å². The zero-order chi connectivity index (χ0) is 24.0. The van der Waals surface area contributed by atoms with Crippen LogP contribution in [-0.4, -0.2) is 20.6 Å². The van der Waals surface area contributed by atoms with E-state index in [0.717, 1.165) is 20.9 Å². The third-order valence-electron chi connectivity index (χ3n) is 6.27. The number of aromatic hydroxyl groups is 1. The Bertz CT molecular complexity index is 1630. The number of primary amides is 1. The second-order valence-electron chi connectivity index (χ2n) is 8.34. The number of nitrogens with zero attached hydrogens (tertiary/aromatic N) is 1. The molecule has 0 aliphatic heterocycles. The third kappa shape index (κ3) is 3.58. The minimum absolute atomic E-state index is 0.00148. The van der Waals surface area contributed by atoms with Gasteiger partial charge < -0.3 is 20.4 Å². The molecule has 1 unspecified atom stereocenters. The summed E-state index contributed by atoms with van der Waals surface area (Å²) in [5.41, 5.74) is 9.16. The molecule has 0 saturated heterocycles. The second kappa shape index (κ2) is 8.50. The van der Waals surface area contributed by atoms with Crippen molar-refractivity contribution < 1.29 is 9.90 Å². The summed E-state index contributed by atoms with van der Waals surface area (Å²) in [6, 6.07) is 22.5. The Hall–Kier alpha value is -3.84. The molecule has 1 atom stereocenters. The van der Waals surface area contributed by atoms with Crippen molar-refractivity contribution in [3.8, 4) is 5.75 Å². The number of pyridine rings is 1. The van der Waals surface area contributed by atoms with Crippen molar-refractivity contribution in [2.45, 2.75) is 12.3 Å². The van der Waals surface area contributed by atoms with Gasteiger partial charge >= 0.3 is 0 Å². The average molecular weight is 516 g/mol. The van der Waals surface area contributed by atoms with Crippen LogP contribution in [0.5, 0.6) is 5.75 Å². The zero-order valence-corrected chi connectivity index (χ0v) is 20.0. The van der Waals surface area contributed by atoms with E-state index in [1.807, 2.05) is 60.7 Å². The lowest BCUT2D eigenvalue weighted by Gasteiger charge is -2.22. The lowest BCUT2D eigenvalue weighted by molar-refractivity contribution is -0.117. The molecule has 0 aliphatic rings. The molecule has 7 heteroatoms. The summed E-state index contributed by atoms with van der Waals surface area (Å²) < 4.78 is 2.38.